The monoisotopic (exact) mass is 319 g/mol. The topological polar surface area (TPSA) is 18.1 Å². The third kappa shape index (κ3) is 2.30. The van der Waals surface area contributed by atoms with Crippen molar-refractivity contribution in [2.24, 2.45) is 0 Å². The predicted octanol–water partition coefficient (Wildman–Crippen LogP) is 5.64. The van der Waals surface area contributed by atoms with Gasteiger partial charge in [0.25, 0.3) is 4.84 Å². The Morgan fingerprint density at radius 3 is 2.45 bits per heavy atom. The maximum Gasteiger partial charge on any atom is 0.274 e. The molecule has 3 aromatic rings. The van der Waals surface area contributed by atoms with E-state index in [0.717, 1.165) is 16.6 Å². The molecule has 0 bridgehead atoms. The average Bonchev–Trinajstić information content (AvgIpc) is 2.42. The van der Waals surface area contributed by atoms with Crippen molar-refractivity contribution in [2.45, 2.75) is 6.92 Å². The largest absolute Gasteiger partial charge is 0.431 e. The molecule has 0 radical (unpaired) electrons. The minimum absolute atomic E-state index is 0.327. The fourth-order valence-corrected chi connectivity index (χ4v) is 2.87. The van der Waals surface area contributed by atoms with Gasteiger partial charge >= 0.3 is 0 Å². The van der Waals surface area contributed by atoms with E-state index >= 15 is 0 Å². The van der Waals surface area contributed by atoms with E-state index in [1.807, 2.05) is 37.3 Å². The summed E-state index contributed by atoms with van der Waals surface area (Å²) in [4.78, 5) is 0.327. The molecule has 0 fully saturated rings. The van der Waals surface area contributed by atoms with E-state index in [-0.39, 0.29) is 0 Å². The zero-order chi connectivity index (χ0) is 14.3. The number of benzene rings is 2. The van der Waals surface area contributed by atoms with Crippen LogP contribution in [0.4, 0.5) is 0 Å². The van der Waals surface area contributed by atoms with Gasteiger partial charge in [0.1, 0.15) is 10.2 Å². The fraction of sp³-hybridized carbons (Fsp3) is 0.0667. The van der Waals surface area contributed by atoms with Gasteiger partial charge in [-0.05, 0) is 55.5 Å². The van der Waals surface area contributed by atoms with Crippen molar-refractivity contribution in [3.63, 3.8) is 0 Å². The van der Waals surface area contributed by atoms with E-state index in [2.05, 4.69) is 0 Å². The first kappa shape index (κ1) is 13.5. The lowest BCUT2D eigenvalue weighted by atomic mass is 10.2. The molecule has 20 heavy (non-hydrogen) atoms. The quantitative estimate of drug-likeness (QED) is 0.540. The summed E-state index contributed by atoms with van der Waals surface area (Å²) in [5.41, 5.74) is 2.67. The Morgan fingerprint density at radius 2 is 1.75 bits per heavy atom. The maximum atomic E-state index is 5.91. The van der Waals surface area contributed by atoms with E-state index in [0.29, 0.717) is 20.1 Å². The van der Waals surface area contributed by atoms with Gasteiger partial charge in [-0.25, -0.2) is 0 Å². The number of rotatable bonds is 1. The standard InChI is InChI=1S/C15H10ClNOS2/c1-9-2-7-13-12(8-9)14(19)17(15(20)18-13)11-5-3-10(16)4-6-11/h2-8H,1H3. The zero-order valence-corrected chi connectivity index (χ0v) is 13.0. The van der Waals surface area contributed by atoms with Crippen molar-refractivity contribution in [1.82, 2.24) is 4.57 Å². The SMILES string of the molecule is Cc1ccc2oc(=S)n(-c3ccc(Cl)cc3)c(=S)c2c1. The molecule has 2 aromatic carbocycles. The lowest BCUT2D eigenvalue weighted by Crippen LogP contribution is -1.99. The van der Waals surface area contributed by atoms with Crippen LogP contribution in [0.15, 0.2) is 46.9 Å². The van der Waals surface area contributed by atoms with Crippen LogP contribution in [0.5, 0.6) is 0 Å². The van der Waals surface area contributed by atoms with E-state index in [9.17, 15) is 0 Å². The minimum atomic E-state index is 0.327. The van der Waals surface area contributed by atoms with E-state index in [1.54, 1.807) is 16.7 Å². The Hall–Kier alpha value is -1.49. The lowest BCUT2D eigenvalue weighted by molar-refractivity contribution is 0.537. The van der Waals surface area contributed by atoms with Crippen LogP contribution < -0.4 is 0 Å². The highest BCUT2D eigenvalue weighted by molar-refractivity contribution is 7.72. The first-order valence-corrected chi connectivity index (χ1v) is 7.18. The second kappa shape index (κ2) is 5.13. The molecule has 0 saturated heterocycles. The van der Waals surface area contributed by atoms with Crippen molar-refractivity contribution >= 4 is 47.0 Å². The van der Waals surface area contributed by atoms with Crippen LogP contribution in [0.2, 0.25) is 5.02 Å². The average molecular weight is 320 g/mol. The summed E-state index contributed by atoms with van der Waals surface area (Å²) in [5, 5.41) is 1.54. The number of fused-ring (bicyclic) bond motifs is 1. The molecule has 2 nitrogen and oxygen atoms in total. The zero-order valence-electron chi connectivity index (χ0n) is 10.6. The molecule has 0 aliphatic rings. The summed E-state index contributed by atoms with van der Waals surface area (Å²) in [7, 11) is 0. The molecule has 0 atom stereocenters. The van der Waals surface area contributed by atoms with Crippen LogP contribution in [0.3, 0.4) is 0 Å². The van der Waals surface area contributed by atoms with E-state index in [4.69, 9.17) is 40.5 Å². The second-order valence-electron chi connectivity index (χ2n) is 4.48. The molecule has 1 aromatic heterocycles. The Labute approximate surface area is 131 Å². The smallest absolute Gasteiger partial charge is 0.274 e. The van der Waals surface area contributed by atoms with Crippen LogP contribution in [0.1, 0.15) is 5.56 Å². The fourth-order valence-electron chi connectivity index (χ4n) is 2.06. The highest BCUT2D eigenvalue weighted by Gasteiger charge is 2.07. The van der Waals surface area contributed by atoms with Gasteiger partial charge in [-0.3, -0.25) is 4.57 Å². The molecule has 0 spiro atoms. The van der Waals surface area contributed by atoms with Crippen molar-refractivity contribution in [1.29, 1.82) is 0 Å². The Morgan fingerprint density at radius 1 is 1.05 bits per heavy atom. The van der Waals surface area contributed by atoms with Crippen LogP contribution in [0.25, 0.3) is 16.7 Å². The van der Waals surface area contributed by atoms with Crippen molar-refractivity contribution in [3.05, 3.63) is 62.5 Å². The number of hydrogen-bond acceptors (Lipinski definition) is 3. The summed E-state index contributed by atoms with van der Waals surface area (Å²) in [6.45, 7) is 2.02. The predicted molar refractivity (Wildman–Crippen MR) is 87.0 cm³/mol. The first-order chi connectivity index (χ1) is 9.56. The normalized spacial score (nSPS) is 10.9. The summed E-state index contributed by atoms with van der Waals surface area (Å²) in [5.74, 6) is 0. The van der Waals surface area contributed by atoms with Gasteiger partial charge in [0.15, 0.2) is 0 Å². The number of halogens is 1. The third-order valence-electron chi connectivity index (χ3n) is 3.03. The molecular weight excluding hydrogens is 310 g/mol. The summed E-state index contributed by atoms with van der Waals surface area (Å²) >= 11 is 16.8. The van der Waals surface area contributed by atoms with Crippen LogP contribution in [0, 0.1) is 16.4 Å². The molecule has 5 heteroatoms. The summed E-state index contributed by atoms with van der Waals surface area (Å²) in [6.07, 6.45) is 0. The number of hydrogen-bond donors (Lipinski definition) is 0. The summed E-state index contributed by atoms with van der Waals surface area (Å²) in [6, 6.07) is 13.2. The van der Waals surface area contributed by atoms with Gasteiger partial charge in [-0.2, -0.15) is 0 Å². The molecule has 100 valence electrons. The second-order valence-corrected chi connectivity index (χ2v) is 5.66. The van der Waals surface area contributed by atoms with Crippen LogP contribution in [-0.4, -0.2) is 4.57 Å². The summed E-state index contributed by atoms with van der Waals surface area (Å²) < 4.78 is 8.07. The highest BCUT2D eigenvalue weighted by atomic mass is 35.5. The van der Waals surface area contributed by atoms with E-state index in [1.165, 1.54) is 0 Å². The van der Waals surface area contributed by atoms with E-state index < -0.39 is 0 Å². The molecule has 0 unspecified atom stereocenters. The van der Waals surface area contributed by atoms with Crippen molar-refractivity contribution in [2.75, 3.05) is 0 Å². The Kier molecular flexibility index (Phi) is 3.46. The first-order valence-electron chi connectivity index (χ1n) is 5.99. The molecule has 0 N–H and O–H groups in total. The molecular formula is C15H10ClNOS2. The van der Waals surface area contributed by atoms with Gasteiger partial charge in [-0.1, -0.05) is 35.4 Å². The van der Waals surface area contributed by atoms with Crippen LogP contribution >= 0.6 is 36.0 Å². The van der Waals surface area contributed by atoms with Gasteiger partial charge in [0.05, 0.1) is 11.1 Å². The highest BCUT2D eigenvalue weighted by Crippen LogP contribution is 2.22. The lowest BCUT2D eigenvalue weighted by Gasteiger charge is -2.09. The molecule has 0 aliphatic heterocycles. The number of nitrogens with zero attached hydrogens (tertiary/aromatic N) is 1. The van der Waals surface area contributed by atoms with Gasteiger partial charge in [-0.15, -0.1) is 0 Å². The van der Waals surface area contributed by atoms with Gasteiger partial charge in [0, 0.05) is 5.02 Å². The number of aryl methyl sites for hydroxylation is 1. The van der Waals surface area contributed by atoms with Gasteiger partial charge in [0.2, 0.25) is 0 Å². The minimum Gasteiger partial charge on any atom is -0.431 e. The number of aromatic nitrogens is 1. The molecule has 3 rings (SSSR count). The van der Waals surface area contributed by atoms with Gasteiger partial charge < -0.3 is 4.42 Å². The van der Waals surface area contributed by atoms with Crippen molar-refractivity contribution in [3.8, 4) is 5.69 Å². The Balaban J connectivity index is 2.39. The third-order valence-corrected chi connectivity index (χ3v) is 3.95. The maximum absolute atomic E-state index is 5.91. The molecule has 0 amide bonds. The molecule has 0 saturated carbocycles. The molecule has 1 heterocycles. The van der Waals surface area contributed by atoms with Crippen molar-refractivity contribution < 1.29 is 4.42 Å². The Bertz CT molecular complexity index is 910. The molecule has 0 aliphatic carbocycles. The van der Waals surface area contributed by atoms with Crippen LogP contribution in [-0.2, 0) is 0 Å².